The van der Waals surface area contributed by atoms with E-state index in [9.17, 15) is 9.59 Å². The Kier molecular flexibility index (Phi) is 5.65. The summed E-state index contributed by atoms with van der Waals surface area (Å²) in [5, 5.41) is 7.82. The van der Waals surface area contributed by atoms with Gasteiger partial charge in [-0.2, -0.15) is 0 Å². The molecular weight excluding hydrogens is 376 g/mol. The van der Waals surface area contributed by atoms with Crippen LogP contribution in [0, 0.1) is 6.92 Å². The zero-order chi connectivity index (χ0) is 21.1. The average Bonchev–Trinajstić information content (AvgIpc) is 2.75. The minimum Gasteiger partial charge on any atom is -0.367 e. The normalized spacial score (nSPS) is 18.7. The van der Waals surface area contributed by atoms with E-state index in [0.29, 0.717) is 17.2 Å². The molecule has 6 nitrogen and oxygen atoms in total. The molecule has 1 heterocycles. The molecule has 0 spiro atoms. The number of pyridine rings is 1. The predicted octanol–water partition coefficient (Wildman–Crippen LogP) is 3.80. The molecule has 1 fully saturated rings. The Balaban J connectivity index is 1.33. The summed E-state index contributed by atoms with van der Waals surface area (Å²) in [5.74, 6) is 0.206. The fraction of sp³-hybridized carbons (Fsp3) is 0.292. The van der Waals surface area contributed by atoms with Crippen LogP contribution in [0.25, 0.3) is 10.9 Å². The van der Waals surface area contributed by atoms with E-state index in [4.69, 9.17) is 10.7 Å². The molecule has 0 aliphatic heterocycles. The van der Waals surface area contributed by atoms with E-state index in [1.807, 2.05) is 18.2 Å². The second-order valence-corrected chi connectivity index (χ2v) is 7.95. The quantitative estimate of drug-likeness (QED) is 0.605. The van der Waals surface area contributed by atoms with Gasteiger partial charge in [-0.1, -0.05) is 24.3 Å². The monoisotopic (exact) mass is 402 g/mol. The van der Waals surface area contributed by atoms with Gasteiger partial charge in [0.2, 0.25) is 5.91 Å². The lowest BCUT2D eigenvalue weighted by molar-refractivity contribution is 0.0926. The Hall–Kier alpha value is -3.41. The number of primary amides is 1. The molecule has 3 aromatic rings. The molecule has 1 aliphatic carbocycles. The highest BCUT2D eigenvalue weighted by atomic mass is 16.2. The number of rotatable bonds is 5. The smallest absolute Gasteiger partial charge is 0.251 e. The minimum atomic E-state index is -0.534. The van der Waals surface area contributed by atoms with Gasteiger partial charge in [0.15, 0.2) is 0 Å². The van der Waals surface area contributed by atoms with Crippen LogP contribution in [0.1, 0.15) is 52.0 Å². The maximum atomic E-state index is 12.5. The van der Waals surface area contributed by atoms with Crippen LogP contribution in [0.15, 0.2) is 54.6 Å². The Morgan fingerprint density at radius 3 is 2.40 bits per heavy atom. The Bertz CT molecular complexity index is 1090. The van der Waals surface area contributed by atoms with Gasteiger partial charge in [0.25, 0.3) is 5.91 Å². The van der Waals surface area contributed by atoms with Crippen molar-refractivity contribution in [3.8, 4) is 0 Å². The van der Waals surface area contributed by atoms with Gasteiger partial charge in [-0.25, -0.2) is 4.98 Å². The minimum absolute atomic E-state index is 0.124. The molecule has 154 valence electrons. The summed E-state index contributed by atoms with van der Waals surface area (Å²) < 4.78 is 0. The van der Waals surface area contributed by atoms with Crippen LogP contribution in [0.3, 0.4) is 0 Å². The summed E-state index contributed by atoms with van der Waals surface area (Å²) in [5.41, 5.74) is 8.31. The lowest BCUT2D eigenvalue weighted by Gasteiger charge is -2.30. The first-order chi connectivity index (χ1) is 14.5. The second-order valence-electron chi connectivity index (χ2n) is 7.95. The Morgan fingerprint density at radius 2 is 1.63 bits per heavy atom. The molecule has 0 bridgehead atoms. The Labute approximate surface area is 175 Å². The number of fused-ring (bicyclic) bond motifs is 1. The number of para-hydroxylation sites is 1. The third kappa shape index (κ3) is 4.43. The molecule has 0 unspecified atom stereocenters. The molecular formula is C24H26N4O2. The summed E-state index contributed by atoms with van der Waals surface area (Å²) in [4.78, 5) is 28.6. The molecule has 4 rings (SSSR count). The van der Waals surface area contributed by atoms with Crippen LogP contribution in [-0.4, -0.2) is 28.9 Å². The zero-order valence-electron chi connectivity index (χ0n) is 17.0. The van der Waals surface area contributed by atoms with Gasteiger partial charge < -0.3 is 16.4 Å². The van der Waals surface area contributed by atoms with Crippen molar-refractivity contribution in [1.29, 1.82) is 0 Å². The Morgan fingerprint density at radius 1 is 0.933 bits per heavy atom. The van der Waals surface area contributed by atoms with Gasteiger partial charge in [-0.15, -0.1) is 0 Å². The summed E-state index contributed by atoms with van der Waals surface area (Å²) in [7, 11) is 0. The number of aromatic nitrogens is 1. The third-order valence-electron chi connectivity index (χ3n) is 5.75. The molecule has 0 atom stereocenters. The van der Waals surface area contributed by atoms with Gasteiger partial charge >= 0.3 is 0 Å². The molecule has 2 amide bonds. The van der Waals surface area contributed by atoms with Crippen molar-refractivity contribution in [2.24, 2.45) is 5.73 Å². The third-order valence-corrected chi connectivity index (χ3v) is 5.75. The number of carbonyl (C=O) groups is 2. The first-order valence-corrected chi connectivity index (χ1v) is 10.3. The molecule has 30 heavy (non-hydrogen) atoms. The van der Waals surface area contributed by atoms with E-state index in [2.05, 4.69) is 29.7 Å². The average molecular weight is 402 g/mol. The summed E-state index contributed by atoms with van der Waals surface area (Å²) in [6.45, 7) is 2.11. The topological polar surface area (TPSA) is 97.1 Å². The highest BCUT2D eigenvalue weighted by Crippen LogP contribution is 2.25. The zero-order valence-corrected chi connectivity index (χ0v) is 17.0. The summed E-state index contributed by atoms with van der Waals surface area (Å²) in [6.07, 6.45) is 3.70. The van der Waals surface area contributed by atoms with E-state index in [0.717, 1.165) is 37.0 Å². The molecule has 1 aliphatic rings. The van der Waals surface area contributed by atoms with Crippen LogP contribution in [0.5, 0.6) is 0 Å². The number of nitrogens with zero attached hydrogens (tertiary/aromatic N) is 1. The van der Waals surface area contributed by atoms with Crippen molar-refractivity contribution in [3.05, 3.63) is 71.3 Å². The second kappa shape index (κ2) is 8.53. The SMILES string of the molecule is Cc1cc(NC2CCC(NC(=O)c3cccc(C(N)=O)c3)CC2)nc2ccccc12. The molecule has 0 radical (unpaired) electrons. The number of nitrogens with one attached hydrogen (secondary N) is 2. The van der Waals surface area contributed by atoms with Crippen LogP contribution < -0.4 is 16.4 Å². The van der Waals surface area contributed by atoms with E-state index < -0.39 is 5.91 Å². The predicted molar refractivity (Wildman–Crippen MR) is 119 cm³/mol. The molecule has 1 saturated carbocycles. The van der Waals surface area contributed by atoms with E-state index in [1.54, 1.807) is 24.3 Å². The van der Waals surface area contributed by atoms with Crippen molar-refractivity contribution in [1.82, 2.24) is 10.3 Å². The van der Waals surface area contributed by atoms with Gasteiger partial charge in [0, 0.05) is 28.6 Å². The van der Waals surface area contributed by atoms with Crippen LogP contribution in [0.4, 0.5) is 5.82 Å². The van der Waals surface area contributed by atoms with Crippen molar-refractivity contribution in [2.75, 3.05) is 5.32 Å². The van der Waals surface area contributed by atoms with Crippen molar-refractivity contribution >= 4 is 28.5 Å². The number of amides is 2. The number of benzene rings is 2. The van der Waals surface area contributed by atoms with Crippen molar-refractivity contribution in [3.63, 3.8) is 0 Å². The van der Waals surface area contributed by atoms with E-state index in [-0.39, 0.29) is 11.9 Å². The van der Waals surface area contributed by atoms with Gasteiger partial charge in [-0.3, -0.25) is 9.59 Å². The van der Waals surface area contributed by atoms with Crippen LogP contribution in [-0.2, 0) is 0 Å². The van der Waals surface area contributed by atoms with Gasteiger partial charge in [0.1, 0.15) is 5.82 Å². The number of anilines is 1. The molecule has 1 aromatic heterocycles. The summed E-state index contributed by atoms with van der Waals surface area (Å²) >= 11 is 0. The van der Waals surface area contributed by atoms with Crippen molar-refractivity contribution < 1.29 is 9.59 Å². The fourth-order valence-corrected chi connectivity index (χ4v) is 4.10. The maximum Gasteiger partial charge on any atom is 0.251 e. The first kappa shape index (κ1) is 19.9. The lowest BCUT2D eigenvalue weighted by Crippen LogP contribution is -2.40. The van der Waals surface area contributed by atoms with Crippen molar-refractivity contribution in [2.45, 2.75) is 44.7 Å². The van der Waals surface area contributed by atoms with E-state index in [1.165, 1.54) is 10.9 Å². The molecule has 0 saturated heterocycles. The largest absolute Gasteiger partial charge is 0.367 e. The number of nitrogens with two attached hydrogens (primary N) is 1. The summed E-state index contributed by atoms with van der Waals surface area (Å²) in [6, 6.07) is 17.2. The van der Waals surface area contributed by atoms with Crippen LogP contribution in [0.2, 0.25) is 0 Å². The molecule has 2 aromatic carbocycles. The fourth-order valence-electron chi connectivity index (χ4n) is 4.10. The number of carbonyl (C=O) groups excluding carboxylic acids is 2. The van der Waals surface area contributed by atoms with Gasteiger partial charge in [0.05, 0.1) is 5.52 Å². The highest BCUT2D eigenvalue weighted by Gasteiger charge is 2.23. The molecule has 4 N–H and O–H groups in total. The van der Waals surface area contributed by atoms with E-state index >= 15 is 0 Å². The number of hydrogen-bond donors (Lipinski definition) is 3. The highest BCUT2D eigenvalue weighted by molar-refractivity contribution is 5.99. The molecule has 6 heteroatoms. The first-order valence-electron chi connectivity index (χ1n) is 10.3. The number of hydrogen-bond acceptors (Lipinski definition) is 4. The number of aryl methyl sites for hydroxylation is 1. The van der Waals surface area contributed by atoms with Crippen LogP contribution >= 0.6 is 0 Å². The lowest BCUT2D eigenvalue weighted by atomic mass is 9.91. The standard InChI is InChI=1S/C24H26N4O2/c1-15-13-22(28-21-8-3-2-7-20(15)21)26-18-9-11-19(12-10-18)27-24(30)17-6-4-5-16(14-17)23(25)29/h2-8,13-14,18-19H,9-12H2,1H3,(H2,25,29)(H,26,28)(H,27,30). The maximum absolute atomic E-state index is 12.5. The van der Waals surface area contributed by atoms with Gasteiger partial charge in [-0.05, 0) is 68.5 Å².